The fraction of sp³-hybridized carbons (Fsp3) is 0.267. The minimum Gasteiger partial charge on any atom is -0.493 e. The van der Waals surface area contributed by atoms with Crippen molar-refractivity contribution in [3.05, 3.63) is 35.3 Å². The first-order valence-electron chi connectivity index (χ1n) is 6.10. The minimum atomic E-state index is -0.203. The smallest absolute Gasteiger partial charge is 0.284 e. The Morgan fingerprint density at radius 1 is 1.20 bits per heavy atom. The number of aliphatic hydroxyl groups is 1. The van der Waals surface area contributed by atoms with Gasteiger partial charge in [-0.1, -0.05) is 0 Å². The summed E-state index contributed by atoms with van der Waals surface area (Å²) in [6.45, 7) is 2.11. The van der Waals surface area contributed by atoms with E-state index in [0.29, 0.717) is 40.4 Å². The number of ether oxygens (including phenoxy) is 3. The number of nitrogens with zero attached hydrogens (tertiary/aromatic N) is 1. The molecule has 0 bridgehead atoms. The van der Waals surface area contributed by atoms with E-state index in [1.165, 1.54) is 14.2 Å². The predicted octanol–water partition coefficient (Wildman–Crippen LogP) is 2.89. The first kappa shape index (κ1) is 13.8. The molecule has 0 aromatic heterocycles. The zero-order chi connectivity index (χ0) is 14.7. The van der Waals surface area contributed by atoms with Gasteiger partial charge in [0.25, 0.3) is 5.95 Å². The molecule has 0 fully saturated rings. The Labute approximate surface area is 117 Å². The lowest BCUT2D eigenvalue weighted by atomic mass is 10.0. The van der Waals surface area contributed by atoms with Gasteiger partial charge < -0.3 is 19.3 Å². The molecule has 2 rings (SSSR count). The van der Waals surface area contributed by atoms with Crippen LogP contribution in [0.4, 0.5) is 0 Å². The van der Waals surface area contributed by atoms with Crippen LogP contribution in [0.25, 0.3) is 11.1 Å². The lowest BCUT2D eigenvalue weighted by Crippen LogP contribution is -1.97. The van der Waals surface area contributed by atoms with Crippen LogP contribution in [0.2, 0.25) is 0 Å². The van der Waals surface area contributed by atoms with Crippen molar-refractivity contribution >= 4 is 11.1 Å². The number of nitriles is 1. The summed E-state index contributed by atoms with van der Waals surface area (Å²) >= 11 is 0. The molecule has 0 saturated carbocycles. The molecular formula is C15H15NO4. The molecule has 0 heterocycles. The van der Waals surface area contributed by atoms with Gasteiger partial charge in [0.05, 0.1) is 38.0 Å². The zero-order valence-electron chi connectivity index (χ0n) is 11.6. The Kier molecular flexibility index (Phi) is 3.85. The molecule has 20 heavy (non-hydrogen) atoms. The van der Waals surface area contributed by atoms with E-state index in [1.54, 1.807) is 25.1 Å². The standard InChI is InChI=1S/C15H15NO4/c1-4-20-15(17)12-5-9(8-16)10-6-13(18-2)14(19-3)7-11(10)12/h5-7,17H,4H2,1-3H3/b15-12-. The number of hydrogen-bond donors (Lipinski definition) is 1. The SMILES string of the molecule is CCO/C(O)=C1/C=C(C#N)c2cc(OC)c(OC)cc21. The monoisotopic (exact) mass is 273 g/mol. The molecule has 0 aliphatic heterocycles. The topological polar surface area (TPSA) is 71.7 Å². The van der Waals surface area contributed by atoms with Crippen molar-refractivity contribution < 1.29 is 19.3 Å². The average Bonchev–Trinajstić information content (AvgIpc) is 2.83. The van der Waals surface area contributed by atoms with Gasteiger partial charge >= 0.3 is 0 Å². The van der Waals surface area contributed by atoms with Crippen molar-refractivity contribution in [2.24, 2.45) is 0 Å². The first-order valence-corrected chi connectivity index (χ1v) is 6.10. The molecule has 1 aromatic carbocycles. The highest BCUT2D eigenvalue weighted by atomic mass is 16.6. The van der Waals surface area contributed by atoms with E-state index in [-0.39, 0.29) is 5.95 Å². The Morgan fingerprint density at radius 3 is 2.30 bits per heavy atom. The van der Waals surface area contributed by atoms with Gasteiger partial charge in [-0.25, -0.2) is 0 Å². The summed E-state index contributed by atoms with van der Waals surface area (Å²) in [5, 5.41) is 19.1. The second-order valence-corrected chi connectivity index (χ2v) is 4.07. The number of benzene rings is 1. The summed E-state index contributed by atoms with van der Waals surface area (Å²) in [6.07, 6.45) is 1.59. The molecule has 1 aliphatic rings. The summed E-state index contributed by atoms with van der Waals surface area (Å²) in [6, 6.07) is 5.54. The van der Waals surface area contributed by atoms with Crippen LogP contribution in [-0.4, -0.2) is 25.9 Å². The maximum absolute atomic E-state index is 9.93. The first-order chi connectivity index (χ1) is 9.65. The van der Waals surface area contributed by atoms with E-state index in [9.17, 15) is 10.4 Å². The molecule has 1 aliphatic carbocycles. The summed E-state index contributed by atoms with van der Waals surface area (Å²) < 4.78 is 15.6. The molecule has 0 saturated heterocycles. The quantitative estimate of drug-likeness (QED) is 0.854. The Bertz CT molecular complexity index is 638. The number of fused-ring (bicyclic) bond motifs is 1. The van der Waals surface area contributed by atoms with Gasteiger partial charge in [0.1, 0.15) is 0 Å². The highest BCUT2D eigenvalue weighted by molar-refractivity contribution is 6.01. The second kappa shape index (κ2) is 5.57. The summed E-state index contributed by atoms with van der Waals surface area (Å²) in [4.78, 5) is 0. The van der Waals surface area contributed by atoms with Gasteiger partial charge in [0, 0.05) is 11.1 Å². The summed E-state index contributed by atoms with van der Waals surface area (Å²) in [5.74, 6) is 0.858. The molecule has 5 heteroatoms. The molecule has 5 nitrogen and oxygen atoms in total. The molecule has 1 N–H and O–H groups in total. The highest BCUT2D eigenvalue weighted by Crippen LogP contribution is 2.42. The number of methoxy groups -OCH3 is 2. The van der Waals surface area contributed by atoms with Crippen LogP contribution in [-0.2, 0) is 4.74 Å². The third kappa shape index (κ3) is 2.16. The van der Waals surface area contributed by atoms with E-state index >= 15 is 0 Å². The molecule has 0 spiro atoms. The molecule has 1 aromatic rings. The van der Waals surface area contributed by atoms with E-state index in [2.05, 4.69) is 6.07 Å². The molecule has 104 valence electrons. The van der Waals surface area contributed by atoms with Gasteiger partial charge in [0.15, 0.2) is 11.5 Å². The van der Waals surface area contributed by atoms with Crippen LogP contribution in [0.3, 0.4) is 0 Å². The fourth-order valence-electron chi connectivity index (χ4n) is 2.11. The van der Waals surface area contributed by atoms with Crippen molar-refractivity contribution in [2.75, 3.05) is 20.8 Å². The largest absolute Gasteiger partial charge is 0.493 e. The van der Waals surface area contributed by atoms with E-state index in [0.717, 1.165) is 0 Å². The summed E-state index contributed by atoms with van der Waals surface area (Å²) in [5.41, 5.74) is 2.29. The van der Waals surface area contributed by atoms with Gasteiger partial charge in [-0.2, -0.15) is 5.26 Å². The third-order valence-electron chi connectivity index (χ3n) is 3.02. The molecule has 0 atom stereocenters. The van der Waals surface area contributed by atoms with Crippen molar-refractivity contribution in [1.82, 2.24) is 0 Å². The third-order valence-corrected chi connectivity index (χ3v) is 3.02. The predicted molar refractivity (Wildman–Crippen MR) is 74.3 cm³/mol. The van der Waals surface area contributed by atoms with Gasteiger partial charge in [-0.3, -0.25) is 0 Å². The van der Waals surface area contributed by atoms with E-state index < -0.39 is 0 Å². The molecule has 0 amide bonds. The average molecular weight is 273 g/mol. The number of rotatable bonds is 4. The van der Waals surface area contributed by atoms with Crippen LogP contribution in [0.15, 0.2) is 24.2 Å². The van der Waals surface area contributed by atoms with Crippen LogP contribution in [0, 0.1) is 11.3 Å². The van der Waals surface area contributed by atoms with Crippen molar-refractivity contribution in [3.63, 3.8) is 0 Å². The molecule has 0 radical (unpaired) electrons. The van der Waals surface area contributed by atoms with Gasteiger partial charge in [-0.05, 0) is 25.1 Å². The van der Waals surface area contributed by atoms with Crippen LogP contribution >= 0.6 is 0 Å². The minimum absolute atomic E-state index is 0.203. The lowest BCUT2D eigenvalue weighted by molar-refractivity contribution is 0.105. The normalized spacial score (nSPS) is 15.0. The second-order valence-electron chi connectivity index (χ2n) is 4.07. The Hall–Kier alpha value is -2.61. The van der Waals surface area contributed by atoms with Gasteiger partial charge in [-0.15, -0.1) is 0 Å². The maximum Gasteiger partial charge on any atom is 0.284 e. The summed E-state index contributed by atoms with van der Waals surface area (Å²) in [7, 11) is 3.06. The maximum atomic E-state index is 9.93. The highest BCUT2D eigenvalue weighted by Gasteiger charge is 2.25. The number of allylic oxidation sites excluding steroid dienone is 3. The fourth-order valence-corrected chi connectivity index (χ4v) is 2.11. The molecule has 0 unspecified atom stereocenters. The lowest BCUT2D eigenvalue weighted by Gasteiger charge is -2.11. The van der Waals surface area contributed by atoms with E-state index in [1.807, 2.05) is 0 Å². The van der Waals surface area contributed by atoms with Crippen LogP contribution in [0.1, 0.15) is 18.1 Å². The van der Waals surface area contributed by atoms with E-state index in [4.69, 9.17) is 14.2 Å². The van der Waals surface area contributed by atoms with Crippen molar-refractivity contribution in [2.45, 2.75) is 6.92 Å². The Morgan fingerprint density at radius 2 is 1.80 bits per heavy atom. The Balaban J connectivity index is 2.66. The van der Waals surface area contributed by atoms with Crippen LogP contribution < -0.4 is 9.47 Å². The van der Waals surface area contributed by atoms with Crippen LogP contribution in [0.5, 0.6) is 11.5 Å². The van der Waals surface area contributed by atoms with Crippen molar-refractivity contribution in [3.8, 4) is 17.6 Å². The zero-order valence-corrected chi connectivity index (χ0v) is 11.6. The number of aliphatic hydroxyl groups excluding tert-OH is 1. The van der Waals surface area contributed by atoms with Crippen molar-refractivity contribution in [1.29, 1.82) is 5.26 Å². The number of hydrogen-bond acceptors (Lipinski definition) is 5. The van der Waals surface area contributed by atoms with Gasteiger partial charge in [0.2, 0.25) is 0 Å². The molecular weight excluding hydrogens is 258 g/mol.